The molecule has 0 saturated heterocycles. The number of hydrogen-bond acceptors (Lipinski definition) is 3. The lowest BCUT2D eigenvalue weighted by Crippen LogP contribution is -2.31. The monoisotopic (exact) mass is 434 g/mol. The molecule has 0 saturated carbocycles. The van der Waals surface area contributed by atoms with E-state index in [1.54, 1.807) is 21.3 Å². The number of methoxy groups -OCH3 is 3. The summed E-state index contributed by atoms with van der Waals surface area (Å²) in [6, 6.07) is 32.8. The Labute approximate surface area is 195 Å². The maximum atomic E-state index is 5.65. The Bertz CT molecular complexity index is 1120. The van der Waals surface area contributed by atoms with Gasteiger partial charge in [-0.05, 0) is 70.8 Å². The molecule has 0 bridgehead atoms. The van der Waals surface area contributed by atoms with Crippen LogP contribution in [0.1, 0.15) is 27.8 Å². The SMILES string of the molecule is C#Cc1ccc(C(c2ccc(OC)cc2)(c2ccc(OC)cc2)c2ccc(OC)cc2)cc1. The lowest BCUT2D eigenvalue weighted by Gasteiger charge is -2.37. The Morgan fingerprint density at radius 2 is 0.758 bits per heavy atom. The zero-order valence-corrected chi connectivity index (χ0v) is 19.0. The predicted molar refractivity (Wildman–Crippen MR) is 132 cm³/mol. The summed E-state index contributed by atoms with van der Waals surface area (Å²) in [5.74, 6) is 5.14. The van der Waals surface area contributed by atoms with Gasteiger partial charge in [0.05, 0.1) is 26.7 Å². The standard InChI is InChI=1S/C30H26O3/c1-5-22-6-8-23(9-7-22)30(24-10-16-27(31-2)17-11-24,25-12-18-28(32-3)19-13-25)26-14-20-29(33-4)21-15-26/h1,6-21H,2-4H3. The quantitative estimate of drug-likeness (QED) is 0.261. The van der Waals surface area contributed by atoms with Gasteiger partial charge in [-0.2, -0.15) is 0 Å². The molecular weight excluding hydrogens is 408 g/mol. The molecule has 0 atom stereocenters. The van der Waals surface area contributed by atoms with E-state index in [4.69, 9.17) is 20.6 Å². The van der Waals surface area contributed by atoms with Gasteiger partial charge in [0.2, 0.25) is 0 Å². The number of rotatable bonds is 7. The maximum Gasteiger partial charge on any atom is 0.118 e. The highest BCUT2D eigenvalue weighted by Gasteiger charge is 2.38. The van der Waals surface area contributed by atoms with Crippen LogP contribution >= 0.6 is 0 Å². The van der Waals surface area contributed by atoms with Crippen molar-refractivity contribution in [1.29, 1.82) is 0 Å². The van der Waals surface area contributed by atoms with E-state index in [-0.39, 0.29) is 0 Å². The van der Waals surface area contributed by atoms with Gasteiger partial charge in [-0.1, -0.05) is 54.5 Å². The second kappa shape index (κ2) is 9.54. The van der Waals surface area contributed by atoms with E-state index in [0.29, 0.717) is 0 Å². The van der Waals surface area contributed by atoms with Crippen LogP contribution in [0.3, 0.4) is 0 Å². The third kappa shape index (κ3) is 4.04. The molecule has 0 heterocycles. The number of hydrogen-bond donors (Lipinski definition) is 0. The highest BCUT2D eigenvalue weighted by molar-refractivity contribution is 5.61. The number of benzene rings is 4. The van der Waals surface area contributed by atoms with E-state index < -0.39 is 5.41 Å². The molecule has 0 unspecified atom stereocenters. The predicted octanol–water partition coefficient (Wildman–Crippen LogP) is 6.08. The third-order valence-corrected chi connectivity index (χ3v) is 6.05. The van der Waals surface area contributed by atoms with Gasteiger partial charge in [-0.15, -0.1) is 6.42 Å². The van der Waals surface area contributed by atoms with Gasteiger partial charge >= 0.3 is 0 Å². The van der Waals surface area contributed by atoms with E-state index in [9.17, 15) is 0 Å². The molecule has 0 N–H and O–H groups in total. The molecule has 164 valence electrons. The van der Waals surface area contributed by atoms with E-state index in [1.165, 1.54) is 0 Å². The summed E-state index contributed by atoms with van der Waals surface area (Å²) in [5.41, 5.74) is 4.65. The second-order valence-corrected chi connectivity index (χ2v) is 7.66. The third-order valence-electron chi connectivity index (χ3n) is 6.05. The van der Waals surface area contributed by atoms with Crippen molar-refractivity contribution in [2.75, 3.05) is 21.3 Å². The van der Waals surface area contributed by atoms with Gasteiger partial charge in [0.15, 0.2) is 0 Å². The Balaban J connectivity index is 2.07. The molecule has 4 rings (SSSR count). The second-order valence-electron chi connectivity index (χ2n) is 7.66. The molecule has 0 radical (unpaired) electrons. The van der Waals surface area contributed by atoms with Gasteiger partial charge in [-0.3, -0.25) is 0 Å². The normalized spacial score (nSPS) is 10.8. The largest absolute Gasteiger partial charge is 0.497 e. The summed E-state index contributed by atoms with van der Waals surface area (Å²) in [6.45, 7) is 0. The summed E-state index contributed by atoms with van der Waals surface area (Å²) in [7, 11) is 5.02. The van der Waals surface area contributed by atoms with Crippen LogP contribution < -0.4 is 14.2 Å². The molecule has 0 aliphatic heterocycles. The van der Waals surface area contributed by atoms with Crippen LogP contribution in [0.15, 0.2) is 97.1 Å². The zero-order valence-electron chi connectivity index (χ0n) is 19.0. The van der Waals surface area contributed by atoms with Crippen LogP contribution in [-0.2, 0) is 5.41 Å². The minimum Gasteiger partial charge on any atom is -0.497 e. The molecule has 4 aromatic rings. The fourth-order valence-corrected chi connectivity index (χ4v) is 4.34. The summed E-state index contributed by atoms with van der Waals surface area (Å²) >= 11 is 0. The summed E-state index contributed by atoms with van der Waals surface area (Å²) in [6.07, 6.45) is 5.65. The van der Waals surface area contributed by atoms with Crippen molar-refractivity contribution < 1.29 is 14.2 Å². The first-order valence-electron chi connectivity index (χ1n) is 10.7. The molecule has 0 aliphatic carbocycles. The zero-order chi connectivity index (χ0) is 23.3. The van der Waals surface area contributed by atoms with Crippen molar-refractivity contribution in [2.24, 2.45) is 0 Å². The minimum atomic E-state index is -0.599. The fraction of sp³-hybridized carbons (Fsp3) is 0.133. The highest BCUT2D eigenvalue weighted by atomic mass is 16.5. The summed E-state index contributed by atoms with van der Waals surface area (Å²) in [5, 5.41) is 0. The van der Waals surface area contributed by atoms with Gasteiger partial charge in [-0.25, -0.2) is 0 Å². The molecule has 0 aliphatic rings. The van der Waals surface area contributed by atoms with Gasteiger partial charge in [0.1, 0.15) is 17.2 Å². The molecule has 3 heteroatoms. The van der Waals surface area contributed by atoms with Crippen LogP contribution in [0.4, 0.5) is 0 Å². The minimum absolute atomic E-state index is 0.599. The van der Waals surface area contributed by atoms with Crippen molar-refractivity contribution in [3.05, 3.63) is 125 Å². The first-order chi connectivity index (χ1) is 16.1. The Kier molecular flexibility index (Phi) is 6.38. The van der Waals surface area contributed by atoms with Crippen LogP contribution in [0.25, 0.3) is 0 Å². The lowest BCUT2D eigenvalue weighted by molar-refractivity contribution is 0.414. The van der Waals surface area contributed by atoms with Crippen LogP contribution in [0.5, 0.6) is 17.2 Å². The van der Waals surface area contributed by atoms with E-state index in [1.807, 2.05) is 48.5 Å². The van der Waals surface area contributed by atoms with Crippen molar-refractivity contribution in [3.8, 4) is 29.6 Å². The molecule has 0 fully saturated rings. The smallest absolute Gasteiger partial charge is 0.118 e. The molecule has 3 nitrogen and oxygen atoms in total. The van der Waals surface area contributed by atoms with Gasteiger partial charge in [0, 0.05) is 5.56 Å². The first kappa shape index (κ1) is 22.0. The summed E-state index contributed by atoms with van der Waals surface area (Å²) < 4.78 is 16.3. The van der Waals surface area contributed by atoms with E-state index in [0.717, 1.165) is 45.1 Å². The van der Waals surface area contributed by atoms with E-state index >= 15 is 0 Å². The molecule has 0 spiro atoms. The number of terminal acetylenes is 1. The summed E-state index contributed by atoms with van der Waals surface area (Å²) in [4.78, 5) is 0. The van der Waals surface area contributed by atoms with Crippen LogP contribution in [0, 0.1) is 12.3 Å². The van der Waals surface area contributed by atoms with Gasteiger partial charge in [0.25, 0.3) is 0 Å². The molecule has 0 amide bonds. The molecular formula is C30H26O3. The highest BCUT2D eigenvalue weighted by Crippen LogP contribution is 2.46. The Hall–Kier alpha value is -4.16. The number of ether oxygens (including phenoxy) is 3. The average molecular weight is 435 g/mol. The van der Waals surface area contributed by atoms with Crippen molar-refractivity contribution in [1.82, 2.24) is 0 Å². The van der Waals surface area contributed by atoms with Crippen molar-refractivity contribution >= 4 is 0 Å². The Morgan fingerprint density at radius 1 is 0.485 bits per heavy atom. The fourth-order valence-electron chi connectivity index (χ4n) is 4.34. The topological polar surface area (TPSA) is 27.7 Å². The first-order valence-corrected chi connectivity index (χ1v) is 10.7. The Morgan fingerprint density at radius 3 is 1.00 bits per heavy atom. The molecule has 33 heavy (non-hydrogen) atoms. The average Bonchev–Trinajstić information content (AvgIpc) is 2.90. The van der Waals surface area contributed by atoms with Crippen LogP contribution in [0.2, 0.25) is 0 Å². The molecule has 0 aromatic heterocycles. The van der Waals surface area contributed by atoms with Gasteiger partial charge < -0.3 is 14.2 Å². The van der Waals surface area contributed by atoms with Crippen molar-refractivity contribution in [3.63, 3.8) is 0 Å². The van der Waals surface area contributed by atoms with Crippen molar-refractivity contribution in [2.45, 2.75) is 5.41 Å². The van der Waals surface area contributed by atoms with Crippen LogP contribution in [-0.4, -0.2) is 21.3 Å². The maximum absolute atomic E-state index is 5.65. The molecule has 4 aromatic carbocycles. The van der Waals surface area contributed by atoms with E-state index in [2.05, 4.69) is 54.5 Å². The lowest BCUT2D eigenvalue weighted by atomic mass is 9.65.